The lowest BCUT2D eigenvalue weighted by molar-refractivity contribution is 0.217. The fourth-order valence-corrected chi connectivity index (χ4v) is 3.61. The van der Waals surface area contributed by atoms with E-state index in [1.54, 1.807) is 0 Å². The van der Waals surface area contributed by atoms with Crippen LogP contribution in [-0.4, -0.2) is 11.0 Å². The summed E-state index contributed by atoms with van der Waals surface area (Å²) in [6, 6.07) is 6.55. The Morgan fingerprint density at radius 1 is 1.33 bits per heavy atom. The van der Waals surface area contributed by atoms with Gasteiger partial charge in [-0.05, 0) is 52.4 Å². The molecule has 112 valence electrons. The van der Waals surface area contributed by atoms with E-state index in [0.717, 1.165) is 26.8 Å². The van der Waals surface area contributed by atoms with Gasteiger partial charge in [-0.2, -0.15) is 0 Å². The molecular weight excluding hydrogens is 326 g/mol. The van der Waals surface area contributed by atoms with E-state index in [9.17, 15) is 0 Å². The van der Waals surface area contributed by atoms with Gasteiger partial charge in [0, 0.05) is 27.8 Å². The largest absolute Gasteiger partial charge is 0.398 e. The van der Waals surface area contributed by atoms with Gasteiger partial charge in [0.1, 0.15) is 0 Å². The Morgan fingerprint density at radius 2 is 2.14 bits per heavy atom. The van der Waals surface area contributed by atoms with Crippen LogP contribution in [0.4, 0.5) is 11.4 Å². The van der Waals surface area contributed by atoms with Crippen molar-refractivity contribution < 1.29 is 0 Å². The summed E-state index contributed by atoms with van der Waals surface area (Å²) in [5, 5.41) is 4.73. The molecule has 3 nitrogen and oxygen atoms in total. The monoisotopic (exact) mass is 347 g/mol. The zero-order valence-electron chi connectivity index (χ0n) is 12.6. The minimum atomic E-state index is 0.321. The number of benzene rings is 1. The first-order valence-electron chi connectivity index (χ1n) is 7.58. The zero-order valence-corrected chi connectivity index (χ0v) is 14.2. The smallest absolute Gasteiger partial charge is 0.0954 e. The molecule has 1 aliphatic carbocycles. The molecule has 0 radical (unpaired) electrons. The summed E-state index contributed by atoms with van der Waals surface area (Å²) in [7, 11) is 0. The Bertz CT molecular complexity index is 666. The highest BCUT2D eigenvalue weighted by molar-refractivity contribution is 9.10. The van der Waals surface area contributed by atoms with Crippen molar-refractivity contribution in [2.24, 2.45) is 5.41 Å². The predicted octanol–water partition coefficient (Wildman–Crippen LogP) is 4.96. The van der Waals surface area contributed by atoms with Crippen LogP contribution in [0, 0.1) is 5.41 Å². The molecule has 1 unspecified atom stereocenters. The van der Waals surface area contributed by atoms with E-state index < -0.39 is 0 Å². The van der Waals surface area contributed by atoms with E-state index in [-0.39, 0.29) is 0 Å². The predicted molar refractivity (Wildman–Crippen MR) is 93.5 cm³/mol. The molecule has 1 aromatic heterocycles. The maximum atomic E-state index is 6.09. The van der Waals surface area contributed by atoms with Gasteiger partial charge in [-0.3, -0.25) is 4.98 Å². The highest BCUT2D eigenvalue weighted by Gasteiger charge is 2.32. The molecule has 1 fully saturated rings. The summed E-state index contributed by atoms with van der Waals surface area (Å²) in [6.07, 6.45) is 6.96. The number of hydrogen-bond acceptors (Lipinski definition) is 3. The van der Waals surface area contributed by atoms with Gasteiger partial charge in [0.25, 0.3) is 0 Å². The Labute approximate surface area is 134 Å². The lowest BCUT2D eigenvalue weighted by atomic mass is 9.73. The number of aromatic nitrogens is 1. The van der Waals surface area contributed by atoms with Crippen molar-refractivity contribution in [1.82, 2.24) is 4.98 Å². The topological polar surface area (TPSA) is 50.9 Å². The Kier molecular flexibility index (Phi) is 3.82. The Morgan fingerprint density at radius 3 is 2.90 bits per heavy atom. The summed E-state index contributed by atoms with van der Waals surface area (Å²) >= 11 is 3.47. The summed E-state index contributed by atoms with van der Waals surface area (Å²) < 4.78 is 0.955. The molecule has 1 heterocycles. The van der Waals surface area contributed by atoms with E-state index >= 15 is 0 Å². The van der Waals surface area contributed by atoms with Crippen molar-refractivity contribution in [3.8, 4) is 0 Å². The number of hydrogen-bond donors (Lipinski definition) is 2. The van der Waals surface area contributed by atoms with Gasteiger partial charge >= 0.3 is 0 Å². The van der Waals surface area contributed by atoms with Crippen LogP contribution in [0.2, 0.25) is 0 Å². The van der Waals surface area contributed by atoms with Crippen LogP contribution in [-0.2, 0) is 0 Å². The van der Waals surface area contributed by atoms with Crippen molar-refractivity contribution >= 4 is 38.2 Å². The van der Waals surface area contributed by atoms with Crippen molar-refractivity contribution in [3.05, 3.63) is 28.9 Å². The number of nitrogens with two attached hydrogens (primary N) is 1. The molecule has 4 heteroatoms. The number of fused-ring (bicyclic) bond motifs is 1. The highest BCUT2D eigenvalue weighted by atomic mass is 79.9. The van der Waals surface area contributed by atoms with Crippen molar-refractivity contribution in [3.63, 3.8) is 0 Å². The first-order valence-corrected chi connectivity index (χ1v) is 8.37. The first kappa shape index (κ1) is 14.6. The standard InChI is InChI=1S/C17H22BrN3/c1-17(2)8-4-3-5-15(17)21-14-7-6-13(19)12-9-11(18)10-20-16(12)14/h6-7,9-10,15,21H,3-5,8,19H2,1-2H3. The zero-order chi connectivity index (χ0) is 15.0. The Hall–Kier alpha value is -1.29. The molecule has 3 rings (SSSR count). The summed E-state index contributed by atoms with van der Waals surface area (Å²) in [5.74, 6) is 0. The average Bonchev–Trinajstić information content (AvgIpc) is 2.44. The lowest BCUT2D eigenvalue weighted by Gasteiger charge is -2.39. The molecule has 1 aromatic carbocycles. The lowest BCUT2D eigenvalue weighted by Crippen LogP contribution is -2.39. The first-order chi connectivity index (χ1) is 9.97. The minimum Gasteiger partial charge on any atom is -0.398 e. The third kappa shape index (κ3) is 2.86. The molecule has 0 aliphatic heterocycles. The van der Waals surface area contributed by atoms with Gasteiger partial charge in [0.05, 0.1) is 11.2 Å². The molecule has 3 N–H and O–H groups in total. The SMILES string of the molecule is CC1(C)CCCCC1Nc1ccc(N)c2cc(Br)cnc12. The number of anilines is 2. The summed E-state index contributed by atoms with van der Waals surface area (Å²) in [5.41, 5.74) is 9.23. The highest BCUT2D eigenvalue weighted by Crippen LogP contribution is 2.38. The third-order valence-corrected chi connectivity index (χ3v) is 5.12. The molecule has 0 amide bonds. The van der Waals surface area contributed by atoms with E-state index in [2.05, 4.69) is 46.1 Å². The van der Waals surface area contributed by atoms with E-state index in [0.29, 0.717) is 11.5 Å². The molecule has 1 atom stereocenters. The van der Waals surface area contributed by atoms with Gasteiger partial charge in [-0.15, -0.1) is 0 Å². The minimum absolute atomic E-state index is 0.321. The van der Waals surface area contributed by atoms with Gasteiger partial charge in [-0.1, -0.05) is 26.7 Å². The van der Waals surface area contributed by atoms with Crippen LogP contribution in [0.1, 0.15) is 39.5 Å². The molecule has 0 bridgehead atoms. The number of nitrogens with zero attached hydrogens (tertiary/aromatic N) is 1. The van der Waals surface area contributed by atoms with Crippen LogP contribution >= 0.6 is 15.9 Å². The van der Waals surface area contributed by atoms with Crippen LogP contribution in [0.15, 0.2) is 28.9 Å². The summed E-state index contributed by atoms with van der Waals surface area (Å²) in [6.45, 7) is 4.71. The fraction of sp³-hybridized carbons (Fsp3) is 0.471. The number of nitrogen functional groups attached to an aromatic ring is 1. The summed E-state index contributed by atoms with van der Waals surface area (Å²) in [4.78, 5) is 4.57. The quantitative estimate of drug-likeness (QED) is 0.754. The third-order valence-electron chi connectivity index (χ3n) is 4.69. The van der Waals surface area contributed by atoms with Gasteiger partial charge < -0.3 is 11.1 Å². The van der Waals surface area contributed by atoms with Crippen molar-refractivity contribution in [2.45, 2.75) is 45.6 Å². The molecule has 0 spiro atoms. The van der Waals surface area contributed by atoms with Gasteiger partial charge in [0.2, 0.25) is 0 Å². The molecule has 1 saturated carbocycles. The molecule has 2 aromatic rings. The molecule has 21 heavy (non-hydrogen) atoms. The second-order valence-electron chi connectivity index (χ2n) is 6.68. The Balaban J connectivity index is 1.99. The fourth-order valence-electron chi connectivity index (χ4n) is 3.28. The average molecular weight is 348 g/mol. The van der Waals surface area contributed by atoms with Crippen LogP contribution in [0.3, 0.4) is 0 Å². The van der Waals surface area contributed by atoms with Crippen molar-refractivity contribution in [1.29, 1.82) is 0 Å². The number of pyridine rings is 1. The van der Waals surface area contributed by atoms with Gasteiger partial charge in [-0.25, -0.2) is 0 Å². The van der Waals surface area contributed by atoms with Crippen molar-refractivity contribution in [2.75, 3.05) is 11.1 Å². The molecular formula is C17H22BrN3. The second kappa shape index (κ2) is 5.48. The van der Waals surface area contributed by atoms with Gasteiger partial charge in [0.15, 0.2) is 0 Å². The second-order valence-corrected chi connectivity index (χ2v) is 7.60. The van der Waals surface area contributed by atoms with Crippen LogP contribution in [0.25, 0.3) is 10.9 Å². The van der Waals surface area contributed by atoms with E-state index in [1.807, 2.05) is 18.3 Å². The number of nitrogens with one attached hydrogen (secondary N) is 1. The maximum Gasteiger partial charge on any atom is 0.0954 e. The van der Waals surface area contributed by atoms with E-state index in [4.69, 9.17) is 5.73 Å². The molecule has 0 saturated heterocycles. The maximum absolute atomic E-state index is 6.09. The number of rotatable bonds is 2. The van der Waals surface area contributed by atoms with Crippen LogP contribution in [0.5, 0.6) is 0 Å². The van der Waals surface area contributed by atoms with E-state index in [1.165, 1.54) is 25.7 Å². The van der Waals surface area contributed by atoms with Crippen LogP contribution < -0.4 is 11.1 Å². The molecule has 1 aliphatic rings. The normalized spacial score (nSPS) is 21.4. The number of halogens is 1.